The van der Waals surface area contributed by atoms with Gasteiger partial charge in [-0.15, -0.1) is 0 Å². The average molecular weight is 630 g/mol. The second-order valence-corrected chi connectivity index (χ2v) is 11.8. The highest BCUT2D eigenvalue weighted by molar-refractivity contribution is 7.07. The molecule has 0 aliphatic carbocycles. The summed E-state index contributed by atoms with van der Waals surface area (Å²) in [5, 5.41) is 3.04. The van der Waals surface area contributed by atoms with E-state index in [1.54, 1.807) is 19.9 Å². The number of ether oxygens (including phenoxy) is 2. The Labute approximate surface area is 261 Å². The lowest BCUT2D eigenvalue weighted by atomic mass is 9.96. The Morgan fingerprint density at radius 2 is 1.74 bits per heavy atom. The second kappa shape index (κ2) is 12.2. The standard InChI is InChI=1S/C34H26Cl2N2O4S/c1-3-41-33(40)30-20(2)37-34-38(31(30)25-10-6-7-11-27(25)36)32(39)29(43-34)18-26-24-9-5-4-8-22(24)14-17-28(26)42-19-21-12-15-23(35)16-13-21/h4-18,31H,3,19H2,1-2H3/b29-18-/t31-/m0/s1. The van der Waals surface area contributed by atoms with Gasteiger partial charge in [-0.05, 0) is 66.1 Å². The number of hydrogen-bond donors (Lipinski definition) is 0. The molecule has 216 valence electrons. The molecule has 1 aliphatic rings. The van der Waals surface area contributed by atoms with Crippen LogP contribution in [-0.2, 0) is 16.1 Å². The molecule has 0 fully saturated rings. The van der Waals surface area contributed by atoms with E-state index in [1.807, 2.05) is 84.9 Å². The maximum absolute atomic E-state index is 14.2. The van der Waals surface area contributed by atoms with Gasteiger partial charge < -0.3 is 9.47 Å². The summed E-state index contributed by atoms with van der Waals surface area (Å²) < 4.78 is 13.7. The van der Waals surface area contributed by atoms with Gasteiger partial charge in [-0.2, -0.15) is 0 Å². The minimum Gasteiger partial charge on any atom is -0.488 e. The number of fused-ring (bicyclic) bond motifs is 2. The van der Waals surface area contributed by atoms with Gasteiger partial charge in [0.15, 0.2) is 4.80 Å². The van der Waals surface area contributed by atoms with Crippen molar-refractivity contribution >= 4 is 57.4 Å². The molecule has 4 aromatic carbocycles. The Kier molecular flexibility index (Phi) is 8.21. The number of esters is 1. The molecule has 0 unspecified atom stereocenters. The molecule has 6 rings (SSSR count). The van der Waals surface area contributed by atoms with E-state index in [0.717, 1.165) is 21.9 Å². The van der Waals surface area contributed by atoms with Crippen molar-refractivity contribution in [1.82, 2.24) is 4.57 Å². The van der Waals surface area contributed by atoms with Crippen LogP contribution in [0.5, 0.6) is 5.75 Å². The lowest BCUT2D eigenvalue weighted by Gasteiger charge is -2.25. The maximum Gasteiger partial charge on any atom is 0.338 e. The quantitative estimate of drug-likeness (QED) is 0.185. The fourth-order valence-electron chi connectivity index (χ4n) is 5.21. The molecular formula is C34H26Cl2N2O4S. The van der Waals surface area contributed by atoms with Crippen LogP contribution in [0.4, 0.5) is 0 Å². The van der Waals surface area contributed by atoms with Crippen molar-refractivity contribution < 1.29 is 14.3 Å². The maximum atomic E-state index is 14.2. The van der Waals surface area contributed by atoms with E-state index >= 15 is 0 Å². The van der Waals surface area contributed by atoms with Crippen LogP contribution in [0.2, 0.25) is 10.0 Å². The van der Waals surface area contributed by atoms with Crippen molar-refractivity contribution in [1.29, 1.82) is 0 Å². The normalized spacial score (nSPS) is 14.9. The molecule has 43 heavy (non-hydrogen) atoms. The molecule has 0 bridgehead atoms. The number of carbonyl (C=O) groups is 1. The topological polar surface area (TPSA) is 69.9 Å². The van der Waals surface area contributed by atoms with E-state index in [9.17, 15) is 9.59 Å². The molecule has 1 aliphatic heterocycles. The fraction of sp³-hybridized carbons (Fsp3) is 0.147. The van der Waals surface area contributed by atoms with Crippen molar-refractivity contribution in [2.24, 2.45) is 4.99 Å². The monoisotopic (exact) mass is 628 g/mol. The highest BCUT2D eigenvalue weighted by Gasteiger charge is 2.34. The van der Waals surface area contributed by atoms with Gasteiger partial charge in [0.05, 0.1) is 22.4 Å². The number of benzene rings is 4. The largest absolute Gasteiger partial charge is 0.488 e. The number of carbonyl (C=O) groups excluding carboxylic acids is 1. The number of rotatable bonds is 7. The average Bonchev–Trinajstić information content (AvgIpc) is 3.31. The van der Waals surface area contributed by atoms with Gasteiger partial charge in [0.2, 0.25) is 0 Å². The molecule has 0 saturated carbocycles. The number of allylic oxidation sites excluding steroid dienone is 1. The van der Waals surface area contributed by atoms with Gasteiger partial charge in [-0.25, -0.2) is 9.79 Å². The number of thiazole rings is 1. The van der Waals surface area contributed by atoms with E-state index in [1.165, 1.54) is 15.9 Å². The van der Waals surface area contributed by atoms with Gasteiger partial charge in [-0.1, -0.05) is 95.2 Å². The zero-order chi connectivity index (χ0) is 30.1. The minimum absolute atomic E-state index is 0.190. The second-order valence-electron chi connectivity index (χ2n) is 9.94. The number of aromatic nitrogens is 1. The summed E-state index contributed by atoms with van der Waals surface area (Å²) in [6.45, 7) is 4.01. The van der Waals surface area contributed by atoms with Crippen molar-refractivity contribution in [3.8, 4) is 5.75 Å². The van der Waals surface area contributed by atoms with Crippen LogP contribution in [0.1, 0.15) is 36.6 Å². The minimum atomic E-state index is -0.792. The summed E-state index contributed by atoms with van der Waals surface area (Å²) in [7, 11) is 0. The summed E-state index contributed by atoms with van der Waals surface area (Å²) in [6.07, 6.45) is 1.84. The van der Waals surface area contributed by atoms with Crippen LogP contribution in [0.3, 0.4) is 0 Å². The third kappa shape index (κ3) is 5.64. The van der Waals surface area contributed by atoms with E-state index in [0.29, 0.717) is 43.0 Å². The van der Waals surface area contributed by atoms with Crippen LogP contribution in [0.15, 0.2) is 106 Å². The van der Waals surface area contributed by atoms with Crippen LogP contribution in [-0.4, -0.2) is 17.1 Å². The molecule has 2 heterocycles. The zero-order valence-corrected chi connectivity index (χ0v) is 25.7. The Bertz CT molecular complexity index is 2080. The first-order chi connectivity index (χ1) is 20.9. The predicted molar refractivity (Wildman–Crippen MR) is 172 cm³/mol. The van der Waals surface area contributed by atoms with Gasteiger partial charge in [0.25, 0.3) is 5.56 Å². The summed E-state index contributed by atoms with van der Waals surface area (Å²) in [5.74, 6) is 0.0976. The van der Waals surface area contributed by atoms with Gasteiger partial charge >= 0.3 is 5.97 Å². The van der Waals surface area contributed by atoms with Crippen LogP contribution in [0.25, 0.3) is 16.8 Å². The Balaban J connectivity index is 1.53. The first-order valence-corrected chi connectivity index (χ1v) is 15.3. The highest BCUT2D eigenvalue weighted by atomic mass is 35.5. The lowest BCUT2D eigenvalue weighted by Crippen LogP contribution is -2.40. The molecule has 0 radical (unpaired) electrons. The number of hydrogen-bond acceptors (Lipinski definition) is 6. The number of nitrogens with zero attached hydrogens (tertiary/aromatic N) is 2. The molecule has 0 N–H and O–H groups in total. The lowest BCUT2D eigenvalue weighted by molar-refractivity contribution is -0.139. The van der Waals surface area contributed by atoms with Crippen molar-refractivity contribution in [3.63, 3.8) is 0 Å². The first kappa shape index (κ1) is 28.9. The predicted octanol–water partition coefficient (Wildman–Crippen LogP) is 6.84. The van der Waals surface area contributed by atoms with Gasteiger partial charge in [0, 0.05) is 15.6 Å². The van der Waals surface area contributed by atoms with Crippen LogP contribution < -0.4 is 19.6 Å². The van der Waals surface area contributed by atoms with E-state index in [4.69, 9.17) is 32.7 Å². The Morgan fingerprint density at radius 1 is 1.00 bits per heavy atom. The molecule has 1 atom stereocenters. The fourth-order valence-corrected chi connectivity index (χ4v) is 6.60. The third-order valence-electron chi connectivity index (χ3n) is 7.23. The van der Waals surface area contributed by atoms with Crippen molar-refractivity contribution in [2.45, 2.75) is 26.5 Å². The van der Waals surface area contributed by atoms with E-state index in [-0.39, 0.29) is 17.7 Å². The van der Waals surface area contributed by atoms with Gasteiger partial charge in [-0.3, -0.25) is 9.36 Å². The zero-order valence-electron chi connectivity index (χ0n) is 23.3. The summed E-state index contributed by atoms with van der Waals surface area (Å²) in [6, 6.07) is 25.7. The number of halogens is 2. The molecule has 0 amide bonds. The van der Waals surface area contributed by atoms with Crippen LogP contribution in [0, 0.1) is 0 Å². The SMILES string of the molecule is CCOC(=O)C1=C(C)N=c2s/c(=C\c3c(OCc4ccc(Cl)cc4)ccc4ccccc34)c(=O)n2[C@H]1c1ccccc1Cl. The van der Waals surface area contributed by atoms with Crippen molar-refractivity contribution in [3.05, 3.63) is 143 Å². The highest BCUT2D eigenvalue weighted by Crippen LogP contribution is 2.35. The molecule has 5 aromatic rings. The summed E-state index contributed by atoms with van der Waals surface area (Å²) in [4.78, 5) is 32.6. The summed E-state index contributed by atoms with van der Waals surface area (Å²) in [5.41, 5.74) is 2.82. The summed E-state index contributed by atoms with van der Waals surface area (Å²) >= 11 is 13.9. The third-order valence-corrected chi connectivity index (χ3v) is 8.81. The molecule has 6 nitrogen and oxygen atoms in total. The molecule has 1 aromatic heterocycles. The Morgan fingerprint density at radius 3 is 2.51 bits per heavy atom. The van der Waals surface area contributed by atoms with E-state index in [2.05, 4.69) is 4.99 Å². The molecule has 0 spiro atoms. The van der Waals surface area contributed by atoms with Crippen molar-refractivity contribution in [2.75, 3.05) is 6.61 Å². The molecule has 0 saturated heterocycles. The smallest absolute Gasteiger partial charge is 0.338 e. The first-order valence-electron chi connectivity index (χ1n) is 13.7. The molecular weight excluding hydrogens is 603 g/mol. The van der Waals surface area contributed by atoms with Crippen LogP contribution >= 0.6 is 34.5 Å². The van der Waals surface area contributed by atoms with E-state index < -0.39 is 12.0 Å². The Hall–Kier alpha value is -4.17. The molecule has 9 heteroatoms. The van der Waals surface area contributed by atoms with Gasteiger partial charge in [0.1, 0.15) is 18.4 Å².